The molecule has 8 aromatic rings. The highest BCUT2D eigenvalue weighted by molar-refractivity contribution is 5.92. The molecule has 0 unspecified atom stereocenters. The quantitative estimate of drug-likeness (QED) is 0.182. The number of nitrogens with zero attached hydrogens (tertiary/aromatic N) is 3. The van der Waals surface area contributed by atoms with Gasteiger partial charge in [-0.2, -0.15) is 0 Å². The third-order valence-electron chi connectivity index (χ3n) is 8.46. The number of hydrogen-bond donors (Lipinski definition) is 0. The molecule has 0 aliphatic carbocycles. The Balaban J connectivity index is 1.28. The second-order valence-electron chi connectivity index (χ2n) is 11.5. The summed E-state index contributed by atoms with van der Waals surface area (Å²) in [5.41, 5.74) is 13.5. The molecule has 0 saturated heterocycles. The lowest BCUT2D eigenvalue weighted by Gasteiger charge is -2.28. The van der Waals surface area contributed by atoms with Gasteiger partial charge in [-0.15, -0.1) is 0 Å². The third-order valence-corrected chi connectivity index (χ3v) is 8.46. The van der Waals surface area contributed by atoms with E-state index >= 15 is 0 Å². The van der Waals surface area contributed by atoms with E-state index in [4.69, 9.17) is 9.97 Å². The van der Waals surface area contributed by atoms with E-state index in [0.717, 1.165) is 61.7 Å². The molecule has 0 aliphatic rings. The van der Waals surface area contributed by atoms with Crippen molar-refractivity contribution in [3.05, 3.63) is 188 Å². The highest BCUT2D eigenvalue weighted by Gasteiger charge is 2.19. The van der Waals surface area contributed by atoms with E-state index < -0.39 is 0 Å². The number of anilines is 3. The van der Waals surface area contributed by atoms with Gasteiger partial charge >= 0.3 is 0 Å². The molecule has 8 rings (SSSR count). The van der Waals surface area contributed by atoms with Crippen molar-refractivity contribution in [1.29, 1.82) is 0 Å². The summed E-state index contributed by atoms with van der Waals surface area (Å²) < 4.78 is 0. The van der Waals surface area contributed by atoms with Crippen LogP contribution in [0.1, 0.15) is 0 Å². The van der Waals surface area contributed by atoms with Gasteiger partial charge in [0.25, 0.3) is 0 Å². The van der Waals surface area contributed by atoms with Crippen LogP contribution in [0, 0.1) is 0 Å². The second-order valence-corrected chi connectivity index (χ2v) is 11.5. The van der Waals surface area contributed by atoms with Gasteiger partial charge < -0.3 is 4.90 Å². The van der Waals surface area contributed by atoms with Gasteiger partial charge in [-0.3, -0.25) is 0 Å². The van der Waals surface area contributed by atoms with Crippen LogP contribution in [0.3, 0.4) is 0 Å². The Morgan fingerprint density at radius 3 is 1.32 bits per heavy atom. The topological polar surface area (TPSA) is 29.0 Å². The van der Waals surface area contributed by atoms with Gasteiger partial charge in [0.15, 0.2) is 0 Å². The van der Waals surface area contributed by atoms with Gasteiger partial charge in [0.1, 0.15) is 0 Å². The summed E-state index contributed by atoms with van der Waals surface area (Å²) in [6.45, 7) is 0. The molecular formula is C44H31N3. The first kappa shape index (κ1) is 28.2. The fraction of sp³-hybridized carbons (Fsp3) is 0. The maximum absolute atomic E-state index is 5.13. The molecule has 0 saturated carbocycles. The number of fused-ring (bicyclic) bond motifs is 1. The van der Waals surface area contributed by atoms with E-state index in [-0.39, 0.29) is 0 Å². The lowest BCUT2D eigenvalue weighted by atomic mass is 9.96. The first-order valence-corrected chi connectivity index (χ1v) is 15.8. The highest BCUT2D eigenvalue weighted by Crippen LogP contribution is 2.43. The van der Waals surface area contributed by atoms with Gasteiger partial charge in [0, 0.05) is 28.1 Å². The van der Waals surface area contributed by atoms with Gasteiger partial charge in [-0.1, -0.05) is 140 Å². The van der Waals surface area contributed by atoms with E-state index in [1.54, 1.807) is 0 Å². The number of aromatic nitrogens is 2. The fourth-order valence-corrected chi connectivity index (χ4v) is 6.16. The average Bonchev–Trinajstić information content (AvgIpc) is 3.16. The fourth-order valence-electron chi connectivity index (χ4n) is 6.16. The van der Waals surface area contributed by atoms with Crippen molar-refractivity contribution in [1.82, 2.24) is 9.97 Å². The van der Waals surface area contributed by atoms with Crippen LogP contribution in [0.5, 0.6) is 0 Å². The predicted octanol–water partition coefficient (Wildman–Crippen LogP) is 11.8. The Bertz CT molecular complexity index is 2270. The number of rotatable bonds is 7. The summed E-state index contributed by atoms with van der Waals surface area (Å²) in [5, 5.41) is 0. The Morgan fingerprint density at radius 1 is 0.319 bits per heavy atom. The van der Waals surface area contributed by atoms with Crippen LogP contribution in [0.25, 0.3) is 55.8 Å². The van der Waals surface area contributed by atoms with Gasteiger partial charge in [0.2, 0.25) is 0 Å². The highest BCUT2D eigenvalue weighted by atomic mass is 15.1. The zero-order valence-electron chi connectivity index (χ0n) is 25.7. The summed E-state index contributed by atoms with van der Waals surface area (Å²) in [7, 11) is 0. The Hall–Kier alpha value is -6.32. The minimum absolute atomic E-state index is 0.866. The molecular weight excluding hydrogens is 571 g/mol. The minimum Gasteiger partial charge on any atom is -0.310 e. The first-order valence-electron chi connectivity index (χ1n) is 15.8. The zero-order chi connectivity index (χ0) is 31.4. The van der Waals surface area contributed by atoms with Crippen molar-refractivity contribution in [2.75, 3.05) is 4.90 Å². The molecule has 47 heavy (non-hydrogen) atoms. The SMILES string of the molecule is c1ccc(-c2ccc(N(c3ccccc3)c3ccc(-c4nc5ccccc5nc4-c4ccccc4)cc3)c(-c3ccccc3)c2)cc1. The molecule has 0 bridgehead atoms. The van der Waals surface area contributed by atoms with Gasteiger partial charge in [0.05, 0.1) is 28.1 Å². The van der Waals surface area contributed by atoms with Crippen LogP contribution in [-0.2, 0) is 0 Å². The van der Waals surface area contributed by atoms with E-state index in [0.29, 0.717) is 0 Å². The summed E-state index contributed by atoms with van der Waals surface area (Å²) in [6.07, 6.45) is 0. The normalized spacial score (nSPS) is 11.0. The largest absolute Gasteiger partial charge is 0.310 e. The van der Waals surface area contributed by atoms with Gasteiger partial charge in [-0.05, 0) is 65.2 Å². The summed E-state index contributed by atoms with van der Waals surface area (Å²) in [4.78, 5) is 12.5. The molecule has 1 aromatic heterocycles. The molecule has 3 heteroatoms. The monoisotopic (exact) mass is 601 g/mol. The van der Waals surface area contributed by atoms with E-state index in [1.807, 2.05) is 42.5 Å². The first-order chi connectivity index (χ1) is 23.3. The number of benzene rings is 7. The molecule has 0 atom stereocenters. The van der Waals surface area contributed by atoms with Crippen molar-refractivity contribution in [3.8, 4) is 44.8 Å². The molecule has 222 valence electrons. The van der Waals surface area contributed by atoms with Crippen LogP contribution in [0.15, 0.2) is 188 Å². The molecule has 0 amide bonds. The standard InChI is InChI=1S/C44H31N3/c1-5-15-32(16-6-1)36-27-30-42(39(31-36)33-17-7-2-8-18-33)47(37-21-11-4-12-22-37)38-28-25-35(26-29-38)44-43(34-19-9-3-10-20-34)45-40-23-13-14-24-41(40)46-44/h1-31H. The molecule has 0 radical (unpaired) electrons. The van der Waals surface area contributed by atoms with Crippen molar-refractivity contribution >= 4 is 28.1 Å². The summed E-state index contributed by atoms with van der Waals surface area (Å²) in [6, 6.07) is 65.6. The number of para-hydroxylation sites is 3. The average molecular weight is 602 g/mol. The van der Waals surface area contributed by atoms with Gasteiger partial charge in [-0.25, -0.2) is 9.97 Å². The summed E-state index contributed by atoms with van der Waals surface area (Å²) >= 11 is 0. The molecule has 0 N–H and O–H groups in total. The lowest BCUT2D eigenvalue weighted by molar-refractivity contribution is 1.27. The predicted molar refractivity (Wildman–Crippen MR) is 196 cm³/mol. The van der Waals surface area contributed by atoms with E-state index in [9.17, 15) is 0 Å². The molecule has 1 heterocycles. The minimum atomic E-state index is 0.866. The Morgan fingerprint density at radius 2 is 0.745 bits per heavy atom. The molecule has 0 aliphatic heterocycles. The van der Waals surface area contributed by atoms with Crippen LogP contribution < -0.4 is 4.90 Å². The Kier molecular flexibility index (Phi) is 7.54. The van der Waals surface area contributed by atoms with E-state index in [1.165, 1.54) is 11.1 Å². The zero-order valence-corrected chi connectivity index (χ0v) is 25.7. The van der Waals surface area contributed by atoms with Crippen LogP contribution in [0.2, 0.25) is 0 Å². The van der Waals surface area contributed by atoms with Crippen LogP contribution >= 0.6 is 0 Å². The van der Waals surface area contributed by atoms with Crippen LogP contribution in [-0.4, -0.2) is 9.97 Å². The van der Waals surface area contributed by atoms with E-state index in [2.05, 4.69) is 150 Å². The maximum atomic E-state index is 5.13. The van der Waals surface area contributed by atoms with Crippen LogP contribution in [0.4, 0.5) is 17.1 Å². The second kappa shape index (κ2) is 12.6. The molecule has 7 aromatic carbocycles. The van der Waals surface area contributed by atoms with Crippen molar-refractivity contribution < 1.29 is 0 Å². The molecule has 0 spiro atoms. The van der Waals surface area contributed by atoms with Crippen molar-refractivity contribution in [2.45, 2.75) is 0 Å². The third kappa shape index (κ3) is 5.67. The number of hydrogen-bond acceptors (Lipinski definition) is 3. The molecule has 0 fully saturated rings. The maximum Gasteiger partial charge on any atom is 0.0973 e. The summed E-state index contributed by atoms with van der Waals surface area (Å²) in [5.74, 6) is 0. The van der Waals surface area contributed by atoms with Crippen molar-refractivity contribution in [3.63, 3.8) is 0 Å². The molecule has 3 nitrogen and oxygen atoms in total. The van der Waals surface area contributed by atoms with Crippen molar-refractivity contribution in [2.24, 2.45) is 0 Å². The Labute approximate surface area is 275 Å². The smallest absolute Gasteiger partial charge is 0.0973 e. The lowest BCUT2D eigenvalue weighted by Crippen LogP contribution is -2.11.